The van der Waals surface area contributed by atoms with Crippen LogP contribution in [0.4, 0.5) is 4.39 Å². The van der Waals surface area contributed by atoms with Gasteiger partial charge in [0.1, 0.15) is 5.82 Å². The van der Waals surface area contributed by atoms with Gasteiger partial charge in [-0.3, -0.25) is 14.9 Å². The van der Waals surface area contributed by atoms with Gasteiger partial charge in [-0.1, -0.05) is 12.1 Å². The Morgan fingerprint density at radius 2 is 1.77 bits per heavy atom. The number of pyridine rings is 1. The lowest BCUT2D eigenvalue weighted by molar-refractivity contribution is 0.627. The van der Waals surface area contributed by atoms with Crippen LogP contribution in [0.15, 0.2) is 53.6 Å². The quantitative estimate of drug-likeness (QED) is 0.617. The summed E-state index contributed by atoms with van der Waals surface area (Å²) in [6.07, 6.45) is 3.84. The highest BCUT2D eigenvalue weighted by Crippen LogP contribution is 2.26. The van der Waals surface area contributed by atoms with Gasteiger partial charge >= 0.3 is 0 Å². The van der Waals surface area contributed by atoms with Crippen molar-refractivity contribution in [2.75, 3.05) is 0 Å². The van der Waals surface area contributed by atoms with Gasteiger partial charge < -0.3 is 0 Å². The van der Waals surface area contributed by atoms with Gasteiger partial charge in [-0.05, 0) is 49.2 Å². The standard InChI is InChI=1S/C20H17FN4O/c1-12-17(11-14-3-5-16(21)6-4-14)20(26)25-19(23-12)18(13(2)24-25)15-7-9-22-10-8-15/h3-10,24H,11H2,1-2H3. The van der Waals surface area contributed by atoms with Crippen LogP contribution in [-0.2, 0) is 6.42 Å². The minimum Gasteiger partial charge on any atom is -0.293 e. The maximum Gasteiger partial charge on any atom is 0.276 e. The predicted octanol–water partition coefficient (Wildman–Crippen LogP) is 3.43. The topological polar surface area (TPSA) is 63.1 Å². The second kappa shape index (κ2) is 6.22. The van der Waals surface area contributed by atoms with Crippen LogP contribution in [0.1, 0.15) is 22.5 Å². The Morgan fingerprint density at radius 3 is 2.46 bits per heavy atom. The second-order valence-electron chi connectivity index (χ2n) is 6.29. The SMILES string of the molecule is Cc1nc2c(-c3ccncc3)c(C)[nH]n2c(=O)c1Cc1ccc(F)cc1. The summed E-state index contributed by atoms with van der Waals surface area (Å²) in [4.78, 5) is 21.7. The lowest BCUT2D eigenvalue weighted by Gasteiger charge is -2.07. The summed E-state index contributed by atoms with van der Waals surface area (Å²) < 4.78 is 14.6. The Bertz CT molecular complexity index is 1140. The van der Waals surface area contributed by atoms with Crippen molar-refractivity contribution in [3.05, 3.63) is 87.5 Å². The summed E-state index contributed by atoms with van der Waals surface area (Å²) in [5.41, 5.74) is 5.30. The Hall–Kier alpha value is -3.28. The van der Waals surface area contributed by atoms with Gasteiger partial charge in [-0.15, -0.1) is 0 Å². The highest BCUT2D eigenvalue weighted by molar-refractivity contribution is 5.79. The van der Waals surface area contributed by atoms with Crippen LogP contribution in [0.3, 0.4) is 0 Å². The molecule has 3 heterocycles. The fraction of sp³-hybridized carbons (Fsp3) is 0.150. The molecule has 0 bridgehead atoms. The first-order valence-electron chi connectivity index (χ1n) is 8.30. The van der Waals surface area contributed by atoms with Crippen LogP contribution in [-0.4, -0.2) is 19.6 Å². The van der Waals surface area contributed by atoms with Crippen LogP contribution in [0, 0.1) is 19.7 Å². The molecule has 5 nitrogen and oxygen atoms in total. The molecule has 0 aliphatic rings. The van der Waals surface area contributed by atoms with Gasteiger partial charge in [0.25, 0.3) is 5.56 Å². The molecule has 1 N–H and O–H groups in total. The van der Waals surface area contributed by atoms with Crippen LogP contribution in [0.5, 0.6) is 0 Å². The largest absolute Gasteiger partial charge is 0.293 e. The van der Waals surface area contributed by atoms with Crippen molar-refractivity contribution in [3.8, 4) is 11.1 Å². The number of nitrogens with zero attached hydrogens (tertiary/aromatic N) is 3. The third kappa shape index (κ3) is 2.69. The molecule has 0 aliphatic carbocycles. The number of fused-ring (bicyclic) bond motifs is 1. The normalized spacial score (nSPS) is 11.2. The first kappa shape index (κ1) is 16.2. The molecule has 1 aromatic carbocycles. The number of H-pyrrole nitrogens is 1. The molecule has 0 saturated heterocycles. The molecule has 4 rings (SSSR count). The summed E-state index contributed by atoms with van der Waals surface area (Å²) in [6.45, 7) is 3.75. The zero-order valence-electron chi connectivity index (χ0n) is 14.5. The first-order chi connectivity index (χ1) is 12.5. The highest BCUT2D eigenvalue weighted by Gasteiger charge is 2.17. The molecular weight excluding hydrogens is 331 g/mol. The number of rotatable bonds is 3. The number of benzene rings is 1. The molecule has 0 aliphatic heterocycles. The molecule has 3 aromatic heterocycles. The van der Waals surface area contributed by atoms with E-state index in [2.05, 4.69) is 15.1 Å². The average Bonchev–Trinajstić information content (AvgIpc) is 2.97. The van der Waals surface area contributed by atoms with Gasteiger partial charge in [0.2, 0.25) is 0 Å². The highest BCUT2D eigenvalue weighted by atomic mass is 19.1. The minimum absolute atomic E-state index is 0.139. The number of hydrogen-bond donors (Lipinski definition) is 1. The van der Waals surface area contributed by atoms with Crippen LogP contribution in [0.25, 0.3) is 16.8 Å². The fourth-order valence-electron chi connectivity index (χ4n) is 3.20. The van der Waals surface area contributed by atoms with Gasteiger partial charge in [-0.25, -0.2) is 13.9 Å². The number of aromatic amines is 1. The summed E-state index contributed by atoms with van der Waals surface area (Å²) in [6, 6.07) is 9.95. The van der Waals surface area contributed by atoms with Crippen molar-refractivity contribution in [1.29, 1.82) is 0 Å². The smallest absolute Gasteiger partial charge is 0.276 e. The molecule has 0 spiro atoms. The number of aromatic nitrogens is 4. The van der Waals surface area contributed by atoms with Crippen molar-refractivity contribution in [2.24, 2.45) is 0 Å². The van der Waals surface area contributed by atoms with Gasteiger partial charge in [0.15, 0.2) is 5.65 Å². The Labute approximate surface area is 149 Å². The van der Waals surface area contributed by atoms with E-state index < -0.39 is 0 Å². The second-order valence-corrected chi connectivity index (χ2v) is 6.29. The predicted molar refractivity (Wildman–Crippen MR) is 97.7 cm³/mol. The third-order valence-corrected chi connectivity index (χ3v) is 4.52. The van der Waals surface area contributed by atoms with Crippen molar-refractivity contribution >= 4 is 5.65 Å². The Balaban J connectivity index is 1.88. The van der Waals surface area contributed by atoms with E-state index in [4.69, 9.17) is 0 Å². The van der Waals surface area contributed by atoms with Crippen molar-refractivity contribution in [2.45, 2.75) is 20.3 Å². The maximum absolute atomic E-state index is 13.1. The summed E-state index contributed by atoms with van der Waals surface area (Å²) in [5.74, 6) is -0.294. The van der Waals surface area contributed by atoms with E-state index >= 15 is 0 Å². The van der Waals surface area contributed by atoms with Gasteiger partial charge in [0.05, 0.1) is 0 Å². The van der Waals surface area contributed by atoms with Gasteiger partial charge in [0, 0.05) is 41.3 Å². The summed E-state index contributed by atoms with van der Waals surface area (Å²) >= 11 is 0. The summed E-state index contributed by atoms with van der Waals surface area (Å²) in [5, 5.41) is 3.12. The number of nitrogens with one attached hydrogen (secondary N) is 1. The van der Waals surface area contributed by atoms with Crippen molar-refractivity contribution < 1.29 is 4.39 Å². The molecule has 130 valence electrons. The van der Waals surface area contributed by atoms with Crippen LogP contribution < -0.4 is 5.56 Å². The van der Waals surface area contributed by atoms with E-state index in [-0.39, 0.29) is 11.4 Å². The van der Waals surface area contributed by atoms with E-state index in [0.717, 1.165) is 22.4 Å². The molecule has 0 atom stereocenters. The molecule has 0 unspecified atom stereocenters. The van der Waals surface area contributed by atoms with E-state index in [1.54, 1.807) is 24.5 Å². The zero-order chi connectivity index (χ0) is 18.3. The fourth-order valence-corrected chi connectivity index (χ4v) is 3.20. The lowest BCUT2D eigenvalue weighted by Crippen LogP contribution is -2.22. The van der Waals surface area contributed by atoms with E-state index in [1.807, 2.05) is 26.0 Å². The molecular formula is C20H17FN4O. The third-order valence-electron chi connectivity index (χ3n) is 4.52. The Morgan fingerprint density at radius 1 is 1.08 bits per heavy atom. The molecule has 0 amide bonds. The lowest BCUT2D eigenvalue weighted by atomic mass is 10.0. The monoisotopic (exact) mass is 348 g/mol. The number of hydrogen-bond acceptors (Lipinski definition) is 3. The van der Waals surface area contributed by atoms with Crippen LogP contribution in [0.2, 0.25) is 0 Å². The number of halogens is 1. The zero-order valence-corrected chi connectivity index (χ0v) is 14.5. The summed E-state index contributed by atoms with van der Waals surface area (Å²) in [7, 11) is 0. The molecule has 4 aromatic rings. The molecule has 6 heteroatoms. The van der Waals surface area contributed by atoms with E-state index in [9.17, 15) is 9.18 Å². The van der Waals surface area contributed by atoms with E-state index in [0.29, 0.717) is 23.3 Å². The Kier molecular flexibility index (Phi) is 3.88. The molecule has 0 saturated carbocycles. The van der Waals surface area contributed by atoms with E-state index in [1.165, 1.54) is 16.6 Å². The van der Waals surface area contributed by atoms with Gasteiger partial charge in [-0.2, -0.15) is 0 Å². The molecule has 26 heavy (non-hydrogen) atoms. The first-order valence-corrected chi connectivity index (χ1v) is 8.30. The van der Waals surface area contributed by atoms with Crippen molar-refractivity contribution in [3.63, 3.8) is 0 Å². The molecule has 0 radical (unpaired) electrons. The van der Waals surface area contributed by atoms with Crippen LogP contribution >= 0.6 is 0 Å². The maximum atomic E-state index is 13.1. The molecule has 0 fully saturated rings. The number of aryl methyl sites for hydroxylation is 2. The van der Waals surface area contributed by atoms with Crippen molar-refractivity contribution in [1.82, 2.24) is 19.6 Å². The average molecular weight is 348 g/mol. The minimum atomic E-state index is -0.294.